The zero-order valence-corrected chi connectivity index (χ0v) is 17.0. The van der Waals surface area contributed by atoms with Gasteiger partial charge in [-0.2, -0.15) is 0 Å². The highest BCUT2D eigenvalue weighted by Gasteiger charge is 2.41. The van der Waals surface area contributed by atoms with Crippen molar-refractivity contribution in [3.05, 3.63) is 35.0 Å². The van der Waals surface area contributed by atoms with E-state index in [-0.39, 0.29) is 12.1 Å². The number of nitrogens with one attached hydrogen (secondary N) is 2. The zero-order chi connectivity index (χ0) is 19.8. The van der Waals surface area contributed by atoms with Crippen LogP contribution in [-0.4, -0.2) is 65.4 Å². The number of benzene rings is 1. The molecule has 0 radical (unpaired) electrons. The lowest BCUT2D eigenvalue weighted by atomic mass is 9.73. The molecule has 1 fully saturated rings. The van der Waals surface area contributed by atoms with Crippen molar-refractivity contribution in [3.63, 3.8) is 0 Å². The molecule has 0 spiro atoms. The van der Waals surface area contributed by atoms with E-state index in [4.69, 9.17) is 0 Å². The summed E-state index contributed by atoms with van der Waals surface area (Å²) in [7, 11) is 0. The molecule has 1 aliphatic heterocycles. The maximum atomic E-state index is 12.6. The summed E-state index contributed by atoms with van der Waals surface area (Å²) < 4.78 is 0. The number of H-pyrrole nitrogens is 1. The quantitative estimate of drug-likeness (QED) is 0.781. The maximum Gasteiger partial charge on any atom is 0.317 e. The second-order valence-electron chi connectivity index (χ2n) is 7.92. The predicted molar refractivity (Wildman–Crippen MR) is 111 cm³/mol. The van der Waals surface area contributed by atoms with Gasteiger partial charge in [0.25, 0.3) is 0 Å². The van der Waals surface area contributed by atoms with Crippen LogP contribution in [0.15, 0.2) is 18.2 Å². The molecule has 1 unspecified atom stereocenters. The molecule has 2 aliphatic rings. The van der Waals surface area contributed by atoms with Gasteiger partial charge >= 0.3 is 6.03 Å². The first kappa shape index (κ1) is 19.0. The van der Waals surface area contributed by atoms with Gasteiger partial charge in [-0.15, -0.1) is 0 Å². The first-order valence-corrected chi connectivity index (χ1v) is 10.5. The summed E-state index contributed by atoms with van der Waals surface area (Å²) in [5, 5.41) is 4.49. The maximum absolute atomic E-state index is 12.6. The highest BCUT2D eigenvalue weighted by molar-refractivity contribution is 5.95. The van der Waals surface area contributed by atoms with Crippen LogP contribution in [0.4, 0.5) is 4.79 Å². The van der Waals surface area contributed by atoms with Gasteiger partial charge in [0, 0.05) is 48.5 Å². The Morgan fingerprint density at radius 2 is 2.11 bits per heavy atom. The molecule has 1 saturated heterocycles. The zero-order valence-electron chi connectivity index (χ0n) is 17.0. The number of hydrogen-bond acceptors (Lipinski definition) is 3. The minimum absolute atomic E-state index is 0.0316. The van der Waals surface area contributed by atoms with Gasteiger partial charge in [0.2, 0.25) is 0 Å². The number of piperidine rings is 1. The van der Waals surface area contributed by atoms with Gasteiger partial charge in [0.05, 0.1) is 5.69 Å². The molecule has 2 amide bonds. The SMILES string of the molecule is CCN(CC)C(=O)N[C@H]1CC2c3cccc4[nH]c(C=O)c(c34)C[C@H]2N(CC)C1. The second kappa shape index (κ2) is 7.59. The standard InChI is InChI=1S/C22H30N4O2/c1-4-25(5-2)22(28)23-14-10-16-15-8-7-9-18-21(15)17(19(13-27)24-18)11-20(16)26(6-3)12-14/h7-9,13-14,16,20,24H,4-6,10-12H2,1-3H3,(H,23,28)/t14-,16?,20+/m0/s1. The second-order valence-corrected chi connectivity index (χ2v) is 7.92. The monoisotopic (exact) mass is 382 g/mol. The number of carbonyl (C=O) groups excluding carboxylic acids is 2. The van der Waals surface area contributed by atoms with Crippen LogP contribution in [0.3, 0.4) is 0 Å². The Bertz CT molecular complexity index is 886. The molecule has 1 aliphatic carbocycles. The van der Waals surface area contributed by atoms with Gasteiger partial charge in [0.1, 0.15) is 0 Å². The number of carbonyl (C=O) groups is 2. The third kappa shape index (κ3) is 3.00. The van der Waals surface area contributed by atoms with Gasteiger partial charge in [-0.1, -0.05) is 19.1 Å². The number of aromatic nitrogens is 1. The predicted octanol–water partition coefficient (Wildman–Crippen LogP) is 3.13. The third-order valence-corrected chi connectivity index (χ3v) is 6.63. The van der Waals surface area contributed by atoms with E-state index in [1.54, 1.807) is 0 Å². The van der Waals surface area contributed by atoms with Crippen LogP contribution in [0.1, 0.15) is 54.7 Å². The van der Waals surface area contributed by atoms with Crippen LogP contribution < -0.4 is 5.32 Å². The topological polar surface area (TPSA) is 68.4 Å². The van der Waals surface area contributed by atoms with Crippen LogP contribution in [0.25, 0.3) is 10.9 Å². The number of urea groups is 1. The Morgan fingerprint density at radius 3 is 2.79 bits per heavy atom. The Labute approximate surface area is 166 Å². The van der Waals surface area contributed by atoms with Gasteiger partial charge < -0.3 is 15.2 Å². The van der Waals surface area contributed by atoms with Crippen molar-refractivity contribution in [3.8, 4) is 0 Å². The third-order valence-electron chi connectivity index (χ3n) is 6.63. The molecule has 0 bridgehead atoms. The van der Waals surface area contributed by atoms with Crippen molar-refractivity contribution in [1.82, 2.24) is 20.1 Å². The molecule has 150 valence electrons. The van der Waals surface area contributed by atoms with E-state index >= 15 is 0 Å². The average molecular weight is 383 g/mol. The number of likely N-dealkylation sites (N-methyl/N-ethyl adjacent to an activating group) is 1. The van der Waals surface area contributed by atoms with Crippen molar-refractivity contribution in [2.45, 2.75) is 51.6 Å². The fraction of sp³-hybridized carbons (Fsp3) is 0.545. The van der Waals surface area contributed by atoms with Gasteiger partial charge in [0.15, 0.2) is 6.29 Å². The summed E-state index contributed by atoms with van der Waals surface area (Å²) in [4.78, 5) is 31.8. The highest BCUT2D eigenvalue weighted by atomic mass is 16.2. The largest absolute Gasteiger partial charge is 0.352 e. The first-order valence-electron chi connectivity index (χ1n) is 10.5. The summed E-state index contributed by atoms with van der Waals surface area (Å²) in [5.41, 5.74) is 4.23. The van der Waals surface area contributed by atoms with Crippen molar-refractivity contribution >= 4 is 23.2 Å². The fourth-order valence-corrected chi connectivity index (χ4v) is 5.26. The van der Waals surface area contributed by atoms with E-state index in [0.717, 1.165) is 56.4 Å². The molecule has 6 heteroatoms. The summed E-state index contributed by atoms with van der Waals surface area (Å²) in [6.45, 7) is 9.44. The number of likely N-dealkylation sites (tertiary alicyclic amines) is 1. The minimum Gasteiger partial charge on any atom is -0.352 e. The molecule has 6 nitrogen and oxygen atoms in total. The number of hydrogen-bond donors (Lipinski definition) is 2. The lowest BCUT2D eigenvalue weighted by Crippen LogP contribution is -2.57. The highest BCUT2D eigenvalue weighted by Crippen LogP contribution is 2.44. The van der Waals surface area contributed by atoms with Gasteiger partial charge in [-0.3, -0.25) is 9.69 Å². The Hall–Kier alpha value is -2.34. The molecule has 1 aromatic heterocycles. The van der Waals surface area contributed by atoms with E-state index < -0.39 is 0 Å². The summed E-state index contributed by atoms with van der Waals surface area (Å²) in [6.07, 6.45) is 2.78. The van der Waals surface area contributed by atoms with Crippen LogP contribution >= 0.6 is 0 Å². The normalized spacial score (nSPS) is 24.0. The number of rotatable bonds is 5. The van der Waals surface area contributed by atoms with E-state index in [2.05, 4.69) is 40.3 Å². The molecule has 0 saturated carbocycles. The number of amides is 2. The van der Waals surface area contributed by atoms with Crippen LogP contribution in [-0.2, 0) is 6.42 Å². The van der Waals surface area contributed by atoms with Crippen molar-refractivity contribution in [2.75, 3.05) is 26.2 Å². The van der Waals surface area contributed by atoms with E-state index in [0.29, 0.717) is 17.7 Å². The Balaban J connectivity index is 1.67. The number of fused-ring (bicyclic) bond motifs is 2. The molecule has 3 atom stereocenters. The Morgan fingerprint density at radius 1 is 1.32 bits per heavy atom. The van der Waals surface area contributed by atoms with Crippen molar-refractivity contribution in [2.24, 2.45) is 0 Å². The van der Waals surface area contributed by atoms with Crippen molar-refractivity contribution in [1.29, 1.82) is 0 Å². The van der Waals surface area contributed by atoms with E-state index in [1.807, 2.05) is 18.7 Å². The van der Waals surface area contributed by atoms with E-state index in [1.165, 1.54) is 10.9 Å². The number of nitrogens with zero attached hydrogens (tertiary/aromatic N) is 2. The molecule has 4 rings (SSSR count). The summed E-state index contributed by atoms with van der Waals surface area (Å²) in [6, 6.07) is 6.87. The summed E-state index contributed by atoms with van der Waals surface area (Å²) in [5.74, 6) is 0.363. The lowest BCUT2D eigenvalue weighted by Gasteiger charge is -2.47. The smallest absolute Gasteiger partial charge is 0.317 e. The van der Waals surface area contributed by atoms with Crippen LogP contribution in [0.2, 0.25) is 0 Å². The molecular formula is C22H30N4O2. The fourth-order valence-electron chi connectivity index (χ4n) is 5.26. The number of aldehydes is 1. The molecule has 2 aromatic rings. The molecule has 2 N–H and O–H groups in total. The van der Waals surface area contributed by atoms with Gasteiger partial charge in [-0.25, -0.2) is 4.79 Å². The Kier molecular flexibility index (Phi) is 5.15. The minimum atomic E-state index is 0.0316. The van der Waals surface area contributed by atoms with Crippen molar-refractivity contribution < 1.29 is 9.59 Å². The molecular weight excluding hydrogens is 352 g/mol. The lowest BCUT2D eigenvalue weighted by molar-refractivity contribution is 0.102. The van der Waals surface area contributed by atoms with Crippen LogP contribution in [0.5, 0.6) is 0 Å². The molecule has 28 heavy (non-hydrogen) atoms. The van der Waals surface area contributed by atoms with Gasteiger partial charge in [-0.05, 0) is 50.4 Å². The number of aromatic amines is 1. The molecule has 2 heterocycles. The van der Waals surface area contributed by atoms with E-state index in [9.17, 15) is 9.59 Å². The summed E-state index contributed by atoms with van der Waals surface area (Å²) >= 11 is 0. The first-order chi connectivity index (χ1) is 13.6. The average Bonchev–Trinajstić information content (AvgIpc) is 3.08. The van der Waals surface area contributed by atoms with Crippen LogP contribution in [0, 0.1) is 0 Å². The molecule has 1 aromatic carbocycles.